The van der Waals surface area contributed by atoms with Crippen molar-refractivity contribution in [2.75, 3.05) is 5.32 Å². The van der Waals surface area contributed by atoms with Gasteiger partial charge in [0.1, 0.15) is 5.82 Å². The summed E-state index contributed by atoms with van der Waals surface area (Å²) in [6.45, 7) is 2.43. The van der Waals surface area contributed by atoms with E-state index in [0.29, 0.717) is 22.9 Å². The van der Waals surface area contributed by atoms with Crippen LogP contribution in [0.1, 0.15) is 21.6 Å². The van der Waals surface area contributed by atoms with Crippen LogP contribution in [-0.4, -0.2) is 20.7 Å². The first-order valence-electron chi connectivity index (χ1n) is 7.12. The van der Waals surface area contributed by atoms with E-state index in [1.54, 1.807) is 29.2 Å². The van der Waals surface area contributed by atoms with Crippen molar-refractivity contribution in [1.29, 1.82) is 0 Å². The molecular formula is C17H15ClN4O. The zero-order valence-electron chi connectivity index (χ0n) is 12.5. The molecule has 0 aliphatic heterocycles. The minimum atomic E-state index is -0.191. The van der Waals surface area contributed by atoms with Gasteiger partial charge in [0.15, 0.2) is 0 Å². The molecule has 0 saturated carbocycles. The van der Waals surface area contributed by atoms with Crippen LogP contribution in [0.2, 0.25) is 5.02 Å². The predicted molar refractivity (Wildman–Crippen MR) is 89.7 cm³/mol. The highest BCUT2D eigenvalue weighted by Crippen LogP contribution is 2.12. The fraction of sp³-hybridized carbons (Fsp3) is 0.118. The van der Waals surface area contributed by atoms with Crippen molar-refractivity contribution in [3.8, 4) is 0 Å². The van der Waals surface area contributed by atoms with Crippen LogP contribution in [0.3, 0.4) is 0 Å². The van der Waals surface area contributed by atoms with Crippen molar-refractivity contribution in [3.05, 3.63) is 76.7 Å². The summed E-state index contributed by atoms with van der Waals surface area (Å²) < 4.78 is 1.72. The van der Waals surface area contributed by atoms with Crippen molar-refractivity contribution in [1.82, 2.24) is 14.8 Å². The Morgan fingerprint density at radius 2 is 2.09 bits per heavy atom. The van der Waals surface area contributed by atoms with Crippen LogP contribution in [0.25, 0.3) is 0 Å². The SMILES string of the molecule is Cc1cccc(NC(=O)c2cccc(Cn3cc(Cl)cn3)c2)n1. The van der Waals surface area contributed by atoms with E-state index in [1.165, 1.54) is 0 Å². The number of halogens is 1. The largest absolute Gasteiger partial charge is 0.307 e. The molecule has 0 atom stereocenters. The molecule has 1 amide bonds. The summed E-state index contributed by atoms with van der Waals surface area (Å²) in [5, 5.41) is 7.53. The average Bonchev–Trinajstić information content (AvgIpc) is 2.92. The van der Waals surface area contributed by atoms with Gasteiger partial charge in [0.25, 0.3) is 5.91 Å². The number of benzene rings is 1. The van der Waals surface area contributed by atoms with Crippen molar-refractivity contribution in [2.24, 2.45) is 0 Å². The van der Waals surface area contributed by atoms with Gasteiger partial charge in [-0.25, -0.2) is 4.98 Å². The highest BCUT2D eigenvalue weighted by Gasteiger charge is 2.08. The third-order valence-electron chi connectivity index (χ3n) is 3.27. The number of rotatable bonds is 4. The third-order valence-corrected chi connectivity index (χ3v) is 3.46. The molecule has 0 bridgehead atoms. The molecule has 0 aliphatic rings. The van der Waals surface area contributed by atoms with Gasteiger partial charge in [0.2, 0.25) is 0 Å². The van der Waals surface area contributed by atoms with Crippen molar-refractivity contribution >= 4 is 23.3 Å². The monoisotopic (exact) mass is 326 g/mol. The Kier molecular flexibility index (Phi) is 4.39. The van der Waals surface area contributed by atoms with E-state index < -0.39 is 0 Å². The molecule has 5 nitrogen and oxygen atoms in total. The molecule has 0 aliphatic carbocycles. The molecule has 3 aromatic rings. The molecule has 23 heavy (non-hydrogen) atoms. The maximum atomic E-state index is 12.3. The van der Waals surface area contributed by atoms with Crippen molar-refractivity contribution < 1.29 is 4.79 Å². The quantitative estimate of drug-likeness (QED) is 0.797. The molecule has 0 spiro atoms. The van der Waals surface area contributed by atoms with Gasteiger partial charge < -0.3 is 5.32 Å². The second-order valence-electron chi connectivity index (χ2n) is 5.17. The van der Waals surface area contributed by atoms with Gasteiger partial charge >= 0.3 is 0 Å². The third kappa shape index (κ3) is 3.96. The van der Waals surface area contributed by atoms with Crippen LogP contribution >= 0.6 is 11.6 Å². The lowest BCUT2D eigenvalue weighted by molar-refractivity contribution is 0.102. The Labute approximate surface area is 138 Å². The average molecular weight is 327 g/mol. The molecular weight excluding hydrogens is 312 g/mol. The van der Waals surface area contributed by atoms with Gasteiger partial charge in [0, 0.05) is 17.5 Å². The number of pyridine rings is 1. The summed E-state index contributed by atoms with van der Waals surface area (Å²) in [7, 11) is 0. The maximum Gasteiger partial charge on any atom is 0.256 e. The van der Waals surface area contributed by atoms with E-state index in [-0.39, 0.29) is 5.91 Å². The summed E-state index contributed by atoms with van der Waals surface area (Å²) >= 11 is 5.86. The lowest BCUT2D eigenvalue weighted by Crippen LogP contribution is -2.13. The molecule has 0 fully saturated rings. The van der Waals surface area contributed by atoms with Gasteiger partial charge in [-0.1, -0.05) is 29.8 Å². The minimum absolute atomic E-state index is 0.191. The molecule has 2 aromatic heterocycles. The number of carbonyl (C=O) groups excluding carboxylic acids is 1. The predicted octanol–water partition coefficient (Wildman–Crippen LogP) is 3.54. The van der Waals surface area contributed by atoms with Gasteiger partial charge in [-0.05, 0) is 36.8 Å². The summed E-state index contributed by atoms with van der Waals surface area (Å²) in [5.74, 6) is 0.350. The number of anilines is 1. The van der Waals surface area contributed by atoms with Crippen molar-refractivity contribution in [2.45, 2.75) is 13.5 Å². The van der Waals surface area contributed by atoms with Crippen LogP contribution in [0, 0.1) is 6.92 Å². The lowest BCUT2D eigenvalue weighted by Gasteiger charge is -2.07. The van der Waals surface area contributed by atoms with Gasteiger partial charge in [-0.15, -0.1) is 0 Å². The second kappa shape index (κ2) is 6.62. The maximum absolute atomic E-state index is 12.3. The number of nitrogens with zero attached hydrogens (tertiary/aromatic N) is 3. The van der Waals surface area contributed by atoms with Gasteiger partial charge in [-0.2, -0.15) is 5.10 Å². The van der Waals surface area contributed by atoms with E-state index in [9.17, 15) is 4.79 Å². The molecule has 0 saturated heterocycles. The Balaban J connectivity index is 1.75. The molecule has 6 heteroatoms. The molecule has 0 unspecified atom stereocenters. The molecule has 116 valence electrons. The Bertz CT molecular complexity index is 844. The summed E-state index contributed by atoms with van der Waals surface area (Å²) in [6, 6.07) is 12.9. The summed E-state index contributed by atoms with van der Waals surface area (Å²) in [4.78, 5) is 16.6. The first-order valence-corrected chi connectivity index (χ1v) is 7.50. The van der Waals surface area contributed by atoms with Gasteiger partial charge in [0.05, 0.1) is 17.8 Å². The van der Waals surface area contributed by atoms with Crippen LogP contribution in [0.4, 0.5) is 5.82 Å². The van der Waals surface area contributed by atoms with Crippen LogP contribution in [-0.2, 0) is 6.54 Å². The number of aromatic nitrogens is 3. The number of hydrogen-bond donors (Lipinski definition) is 1. The first-order chi connectivity index (χ1) is 11.1. The second-order valence-corrected chi connectivity index (χ2v) is 5.61. The molecule has 0 radical (unpaired) electrons. The molecule has 2 heterocycles. The summed E-state index contributed by atoms with van der Waals surface area (Å²) in [6.07, 6.45) is 3.33. The fourth-order valence-corrected chi connectivity index (χ4v) is 2.38. The number of aryl methyl sites for hydroxylation is 1. The normalized spacial score (nSPS) is 10.5. The Hall–Kier alpha value is -2.66. The highest BCUT2D eigenvalue weighted by molar-refractivity contribution is 6.30. The minimum Gasteiger partial charge on any atom is -0.307 e. The zero-order chi connectivity index (χ0) is 16.2. The van der Waals surface area contributed by atoms with E-state index >= 15 is 0 Å². The van der Waals surface area contributed by atoms with Gasteiger partial charge in [-0.3, -0.25) is 9.48 Å². The molecule has 1 N–H and O–H groups in total. The smallest absolute Gasteiger partial charge is 0.256 e. The molecule has 3 rings (SSSR count). The standard InChI is InChI=1S/C17H15ClN4O/c1-12-4-2-7-16(20-12)21-17(23)14-6-3-5-13(8-14)10-22-11-15(18)9-19-22/h2-9,11H,10H2,1H3,(H,20,21,23). The fourth-order valence-electron chi connectivity index (χ4n) is 2.22. The Morgan fingerprint density at radius 1 is 1.26 bits per heavy atom. The van der Waals surface area contributed by atoms with Crippen LogP contribution in [0.15, 0.2) is 54.9 Å². The topological polar surface area (TPSA) is 59.8 Å². The van der Waals surface area contributed by atoms with E-state index in [4.69, 9.17) is 11.6 Å². The van der Waals surface area contributed by atoms with E-state index in [1.807, 2.05) is 37.3 Å². The highest BCUT2D eigenvalue weighted by atomic mass is 35.5. The first kappa shape index (κ1) is 15.2. The zero-order valence-corrected chi connectivity index (χ0v) is 13.3. The molecule has 1 aromatic carbocycles. The number of nitrogens with one attached hydrogen (secondary N) is 1. The number of amides is 1. The summed E-state index contributed by atoms with van der Waals surface area (Å²) in [5.41, 5.74) is 2.39. The van der Waals surface area contributed by atoms with Crippen LogP contribution in [0.5, 0.6) is 0 Å². The number of carbonyl (C=O) groups is 1. The van der Waals surface area contributed by atoms with Crippen LogP contribution < -0.4 is 5.32 Å². The lowest BCUT2D eigenvalue weighted by atomic mass is 10.1. The van der Waals surface area contributed by atoms with E-state index in [0.717, 1.165) is 11.3 Å². The van der Waals surface area contributed by atoms with Crippen molar-refractivity contribution in [3.63, 3.8) is 0 Å². The number of hydrogen-bond acceptors (Lipinski definition) is 3. The van der Waals surface area contributed by atoms with E-state index in [2.05, 4.69) is 15.4 Å². The Morgan fingerprint density at radius 3 is 2.83 bits per heavy atom.